The van der Waals surface area contributed by atoms with Crippen LogP contribution in [0, 0.1) is 6.92 Å². The lowest BCUT2D eigenvalue weighted by atomic mass is 10.1. The van der Waals surface area contributed by atoms with Crippen molar-refractivity contribution >= 4 is 9.84 Å². The molecule has 0 bridgehead atoms. The zero-order valence-electron chi connectivity index (χ0n) is 11.2. The second kappa shape index (κ2) is 5.01. The van der Waals surface area contributed by atoms with Gasteiger partial charge in [-0.05, 0) is 26.8 Å². The topological polar surface area (TPSA) is 64.0 Å². The van der Waals surface area contributed by atoms with Crippen LogP contribution in [0.25, 0.3) is 0 Å². The van der Waals surface area contributed by atoms with Gasteiger partial charge in [-0.2, -0.15) is 5.10 Å². The maximum absolute atomic E-state index is 11.5. The summed E-state index contributed by atoms with van der Waals surface area (Å²) < 4.78 is 24.9. The van der Waals surface area contributed by atoms with E-state index in [1.54, 1.807) is 0 Å². The van der Waals surface area contributed by atoms with Crippen LogP contribution in [0.3, 0.4) is 0 Å². The Labute approximate surface area is 108 Å². The molecular formula is C12H21N3O2S. The van der Waals surface area contributed by atoms with Crippen molar-refractivity contribution in [3.63, 3.8) is 0 Å². The fourth-order valence-electron chi connectivity index (χ4n) is 2.61. The highest BCUT2D eigenvalue weighted by atomic mass is 32.2. The summed E-state index contributed by atoms with van der Waals surface area (Å²) in [6.07, 6.45) is 2.54. The van der Waals surface area contributed by atoms with Crippen molar-refractivity contribution in [1.82, 2.24) is 15.1 Å². The zero-order chi connectivity index (χ0) is 13.3. The monoisotopic (exact) mass is 271 g/mol. The van der Waals surface area contributed by atoms with E-state index in [9.17, 15) is 8.42 Å². The predicted molar refractivity (Wildman–Crippen MR) is 71.4 cm³/mol. The maximum atomic E-state index is 11.5. The van der Waals surface area contributed by atoms with Crippen molar-refractivity contribution in [3.8, 4) is 0 Å². The summed E-state index contributed by atoms with van der Waals surface area (Å²) in [5, 5.41) is 7.73. The minimum atomic E-state index is -2.86. The van der Waals surface area contributed by atoms with Crippen molar-refractivity contribution in [2.24, 2.45) is 0 Å². The number of sulfone groups is 1. The van der Waals surface area contributed by atoms with E-state index in [1.165, 1.54) is 0 Å². The Morgan fingerprint density at radius 3 is 2.89 bits per heavy atom. The summed E-state index contributed by atoms with van der Waals surface area (Å²) in [5.74, 6) is 0.514. The van der Waals surface area contributed by atoms with Crippen LogP contribution < -0.4 is 5.32 Å². The largest absolute Gasteiger partial charge is 0.310 e. The molecule has 0 aromatic carbocycles. The lowest BCUT2D eigenvalue weighted by molar-refractivity contribution is 0.485. The molecule has 5 nitrogen and oxygen atoms in total. The zero-order valence-corrected chi connectivity index (χ0v) is 12.0. The van der Waals surface area contributed by atoms with Gasteiger partial charge in [-0.3, -0.25) is 4.68 Å². The van der Waals surface area contributed by atoms with Crippen LogP contribution in [-0.4, -0.2) is 36.2 Å². The normalized spacial score (nSPS) is 24.3. The van der Waals surface area contributed by atoms with Crippen LogP contribution >= 0.6 is 0 Å². The quantitative estimate of drug-likeness (QED) is 0.894. The minimum Gasteiger partial charge on any atom is -0.310 e. The summed E-state index contributed by atoms with van der Waals surface area (Å²) in [6, 6.07) is 0.263. The van der Waals surface area contributed by atoms with Gasteiger partial charge in [0.2, 0.25) is 0 Å². The molecule has 0 saturated carbocycles. The molecule has 1 aromatic heterocycles. The number of nitrogens with zero attached hydrogens (tertiary/aromatic N) is 2. The summed E-state index contributed by atoms with van der Waals surface area (Å²) in [6.45, 7) is 7.09. The predicted octanol–water partition coefficient (Wildman–Crippen LogP) is 1.22. The molecule has 1 fully saturated rings. The first kappa shape index (κ1) is 13.5. The number of rotatable bonds is 4. The molecule has 1 N–H and O–H groups in total. The summed E-state index contributed by atoms with van der Waals surface area (Å²) in [7, 11) is -2.86. The van der Waals surface area contributed by atoms with Gasteiger partial charge < -0.3 is 5.32 Å². The van der Waals surface area contributed by atoms with Gasteiger partial charge in [0, 0.05) is 17.3 Å². The average Bonchev–Trinajstić information content (AvgIpc) is 2.82. The van der Waals surface area contributed by atoms with Crippen LogP contribution in [0.4, 0.5) is 0 Å². The molecule has 2 rings (SSSR count). The van der Waals surface area contributed by atoms with Crippen molar-refractivity contribution in [2.75, 3.05) is 18.1 Å². The molecular weight excluding hydrogens is 250 g/mol. The van der Waals surface area contributed by atoms with Crippen LogP contribution in [0.5, 0.6) is 0 Å². The van der Waals surface area contributed by atoms with Gasteiger partial charge in [-0.1, -0.05) is 6.92 Å². The lowest BCUT2D eigenvalue weighted by Gasteiger charge is -2.14. The van der Waals surface area contributed by atoms with Gasteiger partial charge in [0.25, 0.3) is 0 Å². The molecule has 2 atom stereocenters. The summed E-state index contributed by atoms with van der Waals surface area (Å²) in [5.41, 5.74) is 2.23. The molecule has 1 aliphatic rings. The Hall–Kier alpha value is -0.880. The SMILES string of the molecule is CCNC(C)c1cnn(C2CCS(=O)(=O)C2)c1C. The van der Waals surface area contributed by atoms with Crippen LogP contribution in [0.1, 0.15) is 43.6 Å². The van der Waals surface area contributed by atoms with Crippen LogP contribution in [-0.2, 0) is 9.84 Å². The van der Waals surface area contributed by atoms with E-state index in [0.29, 0.717) is 6.42 Å². The second-order valence-electron chi connectivity index (χ2n) is 4.97. The Bertz CT molecular complexity index is 521. The molecule has 1 aromatic rings. The molecule has 0 spiro atoms. The Morgan fingerprint density at radius 1 is 1.61 bits per heavy atom. The molecule has 18 heavy (non-hydrogen) atoms. The highest BCUT2D eigenvalue weighted by Crippen LogP contribution is 2.27. The molecule has 6 heteroatoms. The van der Waals surface area contributed by atoms with Gasteiger partial charge in [-0.25, -0.2) is 8.42 Å². The van der Waals surface area contributed by atoms with E-state index in [2.05, 4.69) is 24.3 Å². The third kappa shape index (κ3) is 2.59. The molecule has 1 saturated heterocycles. The molecule has 102 valence electrons. The van der Waals surface area contributed by atoms with E-state index in [1.807, 2.05) is 17.8 Å². The van der Waals surface area contributed by atoms with Crippen molar-refractivity contribution in [3.05, 3.63) is 17.5 Å². The maximum Gasteiger partial charge on any atom is 0.152 e. The van der Waals surface area contributed by atoms with E-state index in [0.717, 1.165) is 17.8 Å². The van der Waals surface area contributed by atoms with Gasteiger partial charge in [-0.15, -0.1) is 0 Å². The number of hydrogen-bond donors (Lipinski definition) is 1. The van der Waals surface area contributed by atoms with Crippen molar-refractivity contribution < 1.29 is 8.42 Å². The highest BCUT2D eigenvalue weighted by molar-refractivity contribution is 7.91. The van der Waals surface area contributed by atoms with Crippen molar-refractivity contribution in [1.29, 1.82) is 0 Å². The number of nitrogens with one attached hydrogen (secondary N) is 1. The first-order chi connectivity index (χ1) is 8.44. The first-order valence-corrected chi connectivity index (χ1v) is 8.24. The highest BCUT2D eigenvalue weighted by Gasteiger charge is 2.31. The Morgan fingerprint density at radius 2 is 2.33 bits per heavy atom. The minimum absolute atomic E-state index is 0.0116. The summed E-state index contributed by atoms with van der Waals surface area (Å²) >= 11 is 0. The van der Waals surface area contributed by atoms with E-state index < -0.39 is 9.84 Å². The van der Waals surface area contributed by atoms with E-state index in [4.69, 9.17) is 0 Å². The summed E-state index contributed by atoms with van der Waals surface area (Å²) in [4.78, 5) is 0. The first-order valence-electron chi connectivity index (χ1n) is 6.42. The van der Waals surface area contributed by atoms with Gasteiger partial charge in [0.15, 0.2) is 9.84 Å². The van der Waals surface area contributed by atoms with E-state index in [-0.39, 0.29) is 23.6 Å². The molecule has 0 amide bonds. The Balaban J connectivity index is 2.21. The molecule has 2 unspecified atom stereocenters. The van der Waals surface area contributed by atoms with Gasteiger partial charge in [0.1, 0.15) is 0 Å². The molecule has 0 aliphatic carbocycles. The third-order valence-electron chi connectivity index (χ3n) is 3.61. The van der Waals surface area contributed by atoms with Gasteiger partial charge in [0.05, 0.1) is 23.7 Å². The second-order valence-corrected chi connectivity index (χ2v) is 7.19. The third-order valence-corrected chi connectivity index (χ3v) is 5.36. The average molecular weight is 271 g/mol. The van der Waals surface area contributed by atoms with E-state index >= 15 is 0 Å². The number of hydrogen-bond acceptors (Lipinski definition) is 4. The number of aromatic nitrogens is 2. The fourth-order valence-corrected chi connectivity index (χ4v) is 4.31. The molecule has 2 heterocycles. The molecule has 1 aliphatic heterocycles. The Kier molecular flexibility index (Phi) is 3.77. The van der Waals surface area contributed by atoms with Crippen LogP contribution in [0.15, 0.2) is 6.20 Å². The van der Waals surface area contributed by atoms with Crippen LogP contribution in [0.2, 0.25) is 0 Å². The van der Waals surface area contributed by atoms with Gasteiger partial charge >= 0.3 is 0 Å². The fraction of sp³-hybridized carbons (Fsp3) is 0.750. The smallest absolute Gasteiger partial charge is 0.152 e. The van der Waals surface area contributed by atoms with Crippen molar-refractivity contribution in [2.45, 2.75) is 39.3 Å². The lowest BCUT2D eigenvalue weighted by Crippen LogP contribution is -2.19. The standard InChI is InChI=1S/C12H21N3O2S/c1-4-13-9(2)12-7-14-15(10(12)3)11-5-6-18(16,17)8-11/h7,9,11,13H,4-6,8H2,1-3H3. The molecule has 0 radical (unpaired) electrons.